The minimum atomic E-state index is -0.239. The summed E-state index contributed by atoms with van der Waals surface area (Å²) in [5.41, 5.74) is 4.59. The van der Waals surface area contributed by atoms with Crippen LogP contribution in [0.4, 0.5) is 10.2 Å². The van der Waals surface area contributed by atoms with Crippen LogP contribution in [0.1, 0.15) is 36.8 Å². The van der Waals surface area contributed by atoms with Crippen LogP contribution < -0.4 is 11.3 Å². The minimum Gasteiger partial charge on any atom is -0.308 e. The first-order valence-corrected chi connectivity index (χ1v) is 7.72. The fourth-order valence-electron chi connectivity index (χ4n) is 2.21. The number of aromatic nitrogens is 2. The van der Waals surface area contributed by atoms with Gasteiger partial charge in [0, 0.05) is 16.2 Å². The van der Waals surface area contributed by atoms with E-state index >= 15 is 0 Å². The number of rotatable bonds is 5. The van der Waals surface area contributed by atoms with Crippen LogP contribution in [0.3, 0.4) is 0 Å². The molecule has 0 bridgehead atoms. The van der Waals surface area contributed by atoms with E-state index < -0.39 is 0 Å². The van der Waals surface area contributed by atoms with Gasteiger partial charge in [-0.3, -0.25) is 0 Å². The fraction of sp³-hybridized carbons (Fsp3) is 0.333. The third-order valence-electron chi connectivity index (χ3n) is 3.06. The zero-order valence-electron chi connectivity index (χ0n) is 12.4. The smallest absolute Gasteiger partial charge is 0.147 e. The zero-order chi connectivity index (χ0) is 15.4. The van der Waals surface area contributed by atoms with E-state index in [1.807, 2.05) is 13.0 Å². The first-order valence-electron chi connectivity index (χ1n) is 6.73. The third-order valence-corrected chi connectivity index (χ3v) is 4.05. The number of nitrogens with two attached hydrogens (primary N) is 1. The SMILES string of the molecule is Cc1nc(CSc2cccc(F)c2)nc(NN)c1C(C)C. The van der Waals surface area contributed by atoms with Crippen LogP contribution >= 0.6 is 11.8 Å². The van der Waals surface area contributed by atoms with Crippen LogP contribution in [0.5, 0.6) is 0 Å². The Labute approximate surface area is 128 Å². The highest BCUT2D eigenvalue weighted by Gasteiger charge is 2.14. The van der Waals surface area contributed by atoms with E-state index in [4.69, 9.17) is 5.84 Å². The number of benzene rings is 1. The zero-order valence-corrected chi connectivity index (χ0v) is 13.2. The number of nitrogen functional groups attached to an aromatic ring is 1. The molecule has 112 valence electrons. The molecule has 0 radical (unpaired) electrons. The average molecular weight is 306 g/mol. The van der Waals surface area contributed by atoms with Gasteiger partial charge < -0.3 is 5.43 Å². The van der Waals surface area contributed by atoms with Gasteiger partial charge in [0.05, 0.1) is 5.75 Å². The minimum absolute atomic E-state index is 0.239. The van der Waals surface area contributed by atoms with Gasteiger partial charge in [0.15, 0.2) is 0 Å². The Morgan fingerprint density at radius 3 is 2.71 bits per heavy atom. The second-order valence-electron chi connectivity index (χ2n) is 5.03. The van der Waals surface area contributed by atoms with Gasteiger partial charge in [-0.05, 0) is 31.0 Å². The monoisotopic (exact) mass is 306 g/mol. The Morgan fingerprint density at radius 1 is 1.33 bits per heavy atom. The molecule has 1 heterocycles. The van der Waals surface area contributed by atoms with Gasteiger partial charge in [0.25, 0.3) is 0 Å². The molecule has 2 rings (SSSR count). The quantitative estimate of drug-likeness (QED) is 0.502. The number of aryl methyl sites for hydroxylation is 1. The Morgan fingerprint density at radius 2 is 2.10 bits per heavy atom. The molecule has 0 aliphatic heterocycles. The second kappa shape index (κ2) is 6.87. The topological polar surface area (TPSA) is 63.8 Å². The molecule has 0 aliphatic carbocycles. The van der Waals surface area contributed by atoms with Crippen LogP contribution in [0.25, 0.3) is 0 Å². The molecule has 0 aliphatic rings. The largest absolute Gasteiger partial charge is 0.308 e. The van der Waals surface area contributed by atoms with Crippen molar-refractivity contribution >= 4 is 17.6 Å². The van der Waals surface area contributed by atoms with Crippen LogP contribution in [0.15, 0.2) is 29.2 Å². The first kappa shape index (κ1) is 15.7. The summed E-state index contributed by atoms with van der Waals surface area (Å²) in [5.74, 6) is 7.52. The summed E-state index contributed by atoms with van der Waals surface area (Å²) in [7, 11) is 0. The van der Waals surface area contributed by atoms with Gasteiger partial charge in [-0.2, -0.15) is 0 Å². The van der Waals surface area contributed by atoms with Crippen molar-refractivity contribution in [3.05, 3.63) is 47.2 Å². The van der Waals surface area contributed by atoms with Gasteiger partial charge in [0.2, 0.25) is 0 Å². The number of nitrogens with one attached hydrogen (secondary N) is 1. The molecule has 0 unspecified atom stereocenters. The van der Waals surface area contributed by atoms with E-state index in [0.717, 1.165) is 16.2 Å². The van der Waals surface area contributed by atoms with E-state index in [-0.39, 0.29) is 5.82 Å². The number of hydrazine groups is 1. The van der Waals surface area contributed by atoms with Crippen molar-refractivity contribution in [1.82, 2.24) is 9.97 Å². The number of anilines is 1. The highest BCUT2D eigenvalue weighted by atomic mass is 32.2. The molecule has 1 aromatic carbocycles. The van der Waals surface area contributed by atoms with Gasteiger partial charge in [-0.25, -0.2) is 20.2 Å². The summed E-state index contributed by atoms with van der Waals surface area (Å²) < 4.78 is 13.1. The van der Waals surface area contributed by atoms with Gasteiger partial charge in [0.1, 0.15) is 17.5 Å². The standard InChI is InChI=1S/C15H19FN4S/c1-9(2)14-10(3)18-13(19-15(14)20-17)8-21-12-6-4-5-11(16)7-12/h4-7,9H,8,17H2,1-3H3,(H,18,19,20). The summed E-state index contributed by atoms with van der Waals surface area (Å²) >= 11 is 1.50. The van der Waals surface area contributed by atoms with E-state index in [9.17, 15) is 4.39 Å². The maximum atomic E-state index is 13.1. The predicted octanol–water partition coefficient (Wildman–Crippen LogP) is 3.63. The summed E-state index contributed by atoms with van der Waals surface area (Å²) in [4.78, 5) is 9.82. The Balaban J connectivity index is 2.19. The van der Waals surface area contributed by atoms with Crippen molar-refractivity contribution < 1.29 is 4.39 Å². The van der Waals surface area contributed by atoms with E-state index in [1.165, 1.54) is 23.9 Å². The number of thioether (sulfide) groups is 1. The fourth-order valence-corrected chi connectivity index (χ4v) is 3.01. The molecule has 0 saturated carbocycles. The first-order chi connectivity index (χ1) is 10.0. The second-order valence-corrected chi connectivity index (χ2v) is 6.08. The molecule has 0 atom stereocenters. The maximum absolute atomic E-state index is 13.1. The summed E-state index contributed by atoms with van der Waals surface area (Å²) in [6.07, 6.45) is 0. The highest BCUT2D eigenvalue weighted by molar-refractivity contribution is 7.98. The number of hydrogen-bond donors (Lipinski definition) is 2. The molecular formula is C15H19FN4S. The molecule has 0 fully saturated rings. The molecule has 1 aromatic heterocycles. The third kappa shape index (κ3) is 3.92. The molecule has 0 spiro atoms. The molecule has 3 N–H and O–H groups in total. The molecule has 2 aromatic rings. The van der Waals surface area contributed by atoms with E-state index in [2.05, 4.69) is 29.2 Å². The molecule has 0 amide bonds. The van der Waals surface area contributed by atoms with Crippen molar-refractivity contribution in [2.24, 2.45) is 5.84 Å². The normalized spacial score (nSPS) is 11.0. The van der Waals surface area contributed by atoms with Gasteiger partial charge in [-0.15, -0.1) is 11.8 Å². The highest BCUT2D eigenvalue weighted by Crippen LogP contribution is 2.27. The number of hydrogen-bond acceptors (Lipinski definition) is 5. The lowest BCUT2D eigenvalue weighted by Gasteiger charge is -2.15. The summed E-state index contributed by atoms with van der Waals surface area (Å²) in [5, 5.41) is 0. The number of nitrogens with zero attached hydrogens (tertiary/aromatic N) is 2. The van der Waals surface area contributed by atoms with Crippen LogP contribution in [0, 0.1) is 12.7 Å². The van der Waals surface area contributed by atoms with Crippen molar-refractivity contribution in [2.45, 2.75) is 37.3 Å². The van der Waals surface area contributed by atoms with E-state index in [0.29, 0.717) is 23.3 Å². The Hall–Kier alpha value is -1.66. The van der Waals surface area contributed by atoms with Crippen molar-refractivity contribution in [2.75, 3.05) is 5.43 Å². The van der Waals surface area contributed by atoms with Crippen LogP contribution in [0.2, 0.25) is 0 Å². The maximum Gasteiger partial charge on any atom is 0.147 e. The van der Waals surface area contributed by atoms with Gasteiger partial charge in [-0.1, -0.05) is 19.9 Å². The lowest BCUT2D eigenvalue weighted by molar-refractivity contribution is 0.624. The van der Waals surface area contributed by atoms with Crippen LogP contribution in [-0.4, -0.2) is 9.97 Å². The van der Waals surface area contributed by atoms with Crippen molar-refractivity contribution in [3.8, 4) is 0 Å². The molecule has 0 saturated heterocycles. The van der Waals surface area contributed by atoms with E-state index in [1.54, 1.807) is 6.07 Å². The average Bonchev–Trinajstić information content (AvgIpc) is 2.44. The van der Waals surface area contributed by atoms with Crippen molar-refractivity contribution in [3.63, 3.8) is 0 Å². The molecule has 6 heteroatoms. The molecule has 21 heavy (non-hydrogen) atoms. The molecule has 4 nitrogen and oxygen atoms in total. The number of halogens is 1. The lowest BCUT2D eigenvalue weighted by atomic mass is 10.0. The summed E-state index contributed by atoms with van der Waals surface area (Å²) in [6.45, 7) is 6.11. The molecular weight excluding hydrogens is 287 g/mol. The predicted molar refractivity (Wildman–Crippen MR) is 84.6 cm³/mol. The van der Waals surface area contributed by atoms with Crippen molar-refractivity contribution in [1.29, 1.82) is 0 Å². The summed E-state index contributed by atoms with van der Waals surface area (Å²) in [6, 6.07) is 6.49. The van der Waals surface area contributed by atoms with Gasteiger partial charge >= 0.3 is 0 Å². The Bertz CT molecular complexity index is 631. The van der Waals surface area contributed by atoms with Crippen LogP contribution in [-0.2, 0) is 5.75 Å². The Kier molecular flexibility index (Phi) is 5.14. The lowest BCUT2D eigenvalue weighted by Crippen LogP contribution is -2.15.